The highest BCUT2D eigenvalue weighted by molar-refractivity contribution is 5.22. The molecule has 0 radical (unpaired) electrons. The van der Waals surface area contributed by atoms with E-state index in [9.17, 15) is 0 Å². The Morgan fingerprint density at radius 1 is 1.58 bits per heavy atom. The lowest BCUT2D eigenvalue weighted by molar-refractivity contribution is -0.141. The normalized spacial score (nSPS) is 22.1. The van der Waals surface area contributed by atoms with Crippen molar-refractivity contribution in [2.45, 2.75) is 25.4 Å². The summed E-state index contributed by atoms with van der Waals surface area (Å²) < 4.78 is 5.23. The summed E-state index contributed by atoms with van der Waals surface area (Å²) in [7, 11) is 0. The lowest BCUT2D eigenvalue weighted by Gasteiger charge is -2.32. The minimum Gasteiger partial charge on any atom is -0.381 e. The molecule has 1 aliphatic rings. The predicted octanol–water partition coefficient (Wildman–Crippen LogP) is 0.735. The molecule has 0 unspecified atom stereocenters. The Balaban J connectivity index is 2.21. The molecule has 1 N–H and O–H groups in total. The maximum Gasteiger partial charge on any atom is 0.111 e. The summed E-state index contributed by atoms with van der Waals surface area (Å²) in [6, 6.07) is 0. The summed E-state index contributed by atoms with van der Waals surface area (Å²) in [5.74, 6) is 0. The largest absolute Gasteiger partial charge is 0.381 e. The maximum absolute atomic E-state index is 5.45. The van der Waals surface area contributed by atoms with E-state index in [1.165, 1.54) is 0 Å². The summed E-state index contributed by atoms with van der Waals surface area (Å²) in [6.45, 7) is 7.42. The molecule has 0 saturated carbocycles. The van der Waals surface area contributed by atoms with E-state index in [0.717, 1.165) is 26.1 Å². The molecule has 4 nitrogen and oxygen atoms in total. The smallest absolute Gasteiger partial charge is 0.111 e. The number of nitrogens with one attached hydrogen (secondary N) is 1. The van der Waals surface area contributed by atoms with Crippen LogP contribution < -0.4 is 5.48 Å². The van der Waals surface area contributed by atoms with Crippen LogP contribution in [-0.4, -0.2) is 32.2 Å². The Kier molecular flexibility index (Phi) is 3.65. The zero-order chi connectivity index (χ0) is 8.86. The molecule has 0 amide bonds. The molecule has 1 rings (SSSR count). The summed E-state index contributed by atoms with van der Waals surface area (Å²) in [6.07, 6.45) is 1.86. The zero-order valence-corrected chi connectivity index (χ0v) is 7.51. The van der Waals surface area contributed by atoms with Gasteiger partial charge in [0.1, 0.15) is 6.67 Å². The zero-order valence-electron chi connectivity index (χ0n) is 7.51. The van der Waals surface area contributed by atoms with E-state index in [-0.39, 0.29) is 5.60 Å². The van der Waals surface area contributed by atoms with Crippen LogP contribution in [0.3, 0.4) is 0 Å². The van der Waals surface area contributed by atoms with Gasteiger partial charge in [0.05, 0.1) is 5.60 Å². The molecule has 4 heteroatoms. The van der Waals surface area contributed by atoms with E-state index in [1.807, 2.05) is 0 Å². The molecular weight excluding hydrogens is 156 g/mol. The van der Waals surface area contributed by atoms with E-state index in [2.05, 4.69) is 24.1 Å². The Bertz CT molecular complexity index is 144. The molecule has 0 atom stereocenters. The summed E-state index contributed by atoms with van der Waals surface area (Å²) in [5.41, 5.74) is 2.67. The molecule has 0 aromatic heterocycles. The number of aliphatic imine (C=N–C) groups is 1. The molecule has 0 aromatic rings. The lowest BCUT2D eigenvalue weighted by Crippen LogP contribution is -2.40. The van der Waals surface area contributed by atoms with Gasteiger partial charge >= 0.3 is 0 Å². The summed E-state index contributed by atoms with van der Waals surface area (Å²) in [4.78, 5) is 9.08. The van der Waals surface area contributed by atoms with Gasteiger partial charge in [0.25, 0.3) is 0 Å². The lowest BCUT2D eigenvalue weighted by atomic mass is 9.97. The first-order valence-corrected chi connectivity index (χ1v) is 4.18. The van der Waals surface area contributed by atoms with Crippen LogP contribution in [-0.2, 0) is 9.57 Å². The highest BCUT2D eigenvalue weighted by Crippen LogP contribution is 2.22. The third kappa shape index (κ3) is 2.89. The van der Waals surface area contributed by atoms with Gasteiger partial charge in [-0.25, -0.2) is 0 Å². The van der Waals surface area contributed by atoms with Gasteiger partial charge in [0.2, 0.25) is 0 Å². The first-order valence-electron chi connectivity index (χ1n) is 4.18. The highest BCUT2D eigenvalue weighted by Gasteiger charge is 2.28. The van der Waals surface area contributed by atoms with Crippen LogP contribution in [0.2, 0.25) is 0 Å². The van der Waals surface area contributed by atoms with Crippen molar-refractivity contribution in [1.29, 1.82) is 0 Å². The number of hydrogen-bond acceptors (Lipinski definition) is 4. The molecule has 70 valence electrons. The van der Waals surface area contributed by atoms with Crippen molar-refractivity contribution in [1.82, 2.24) is 5.48 Å². The minimum absolute atomic E-state index is 0.0943. The molecule has 1 fully saturated rings. The van der Waals surface area contributed by atoms with E-state index < -0.39 is 0 Å². The molecule has 0 spiro atoms. The van der Waals surface area contributed by atoms with Crippen molar-refractivity contribution in [3.05, 3.63) is 0 Å². The fraction of sp³-hybridized carbons (Fsp3) is 0.875. The number of ether oxygens (including phenoxy) is 1. The average Bonchev–Trinajstić information content (AvgIpc) is 2.06. The fourth-order valence-corrected chi connectivity index (χ4v) is 1.16. The Morgan fingerprint density at radius 3 is 2.83 bits per heavy atom. The van der Waals surface area contributed by atoms with Crippen molar-refractivity contribution in [3.8, 4) is 0 Å². The highest BCUT2D eigenvalue weighted by atomic mass is 16.7. The predicted molar refractivity (Wildman–Crippen MR) is 47.1 cm³/mol. The van der Waals surface area contributed by atoms with Gasteiger partial charge in [-0.1, -0.05) is 0 Å². The molecular formula is C8H16N2O2. The Morgan fingerprint density at radius 2 is 2.25 bits per heavy atom. The van der Waals surface area contributed by atoms with Crippen LogP contribution in [0.15, 0.2) is 4.99 Å². The van der Waals surface area contributed by atoms with Crippen molar-refractivity contribution in [2.24, 2.45) is 4.99 Å². The van der Waals surface area contributed by atoms with Crippen molar-refractivity contribution in [3.63, 3.8) is 0 Å². The van der Waals surface area contributed by atoms with Gasteiger partial charge in [0, 0.05) is 26.1 Å². The Hall–Kier alpha value is -0.450. The molecule has 0 aromatic carbocycles. The van der Waals surface area contributed by atoms with Crippen LogP contribution in [0.25, 0.3) is 0 Å². The van der Waals surface area contributed by atoms with Gasteiger partial charge in [-0.15, -0.1) is 0 Å². The van der Waals surface area contributed by atoms with Gasteiger partial charge in [-0.2, -0.15) is 5.48 Å². The molecule has 1 saturated heterocycles. The van der Waals surface area contributed by atoms with Gasteiger partial charge < -0.3 is 4.74 Å². The summed E-state index contributed by atoms with van der Waals surface area (Å²) in [5, 5.41) is 0. The van der Waals surface area contributed by atoms with Crippen molar-refractivity contribution < 1.29 is 9.57 Å². The third-order valence-electron chi connectivity index (χ3n) is 2.05. The van der Waals surface area contributed by atoms with Gasteiger partial charge in [0.15, 0.2) is 0 Å². The quantitative estimate of drug-likeness (QED) is 0.386. The van der Waals surface area contributed by atoms with E-state index in [4.69, 9.17) is 9.57 Å². The second-order valence-corrected chi connectivity index (χ2v) is 3.19. The van der Waals surface area contributed by atoms with Gasteiger partial charge in [-0.05, 0) is 13.6 Å². The minimum atomic E-state index is -0.0943. The summed E-state index contributed by atoms with van der Waals surface area (Å²) >= 11 is 0. The first-order chi connectivity index (χ1) is 5.77. The van der Waals surface area contributed by atoms with Crippen molar-refractivity contribution in [2.75, 3.05) is 19.9 Å². The molecule has 0 aliphatic carbocycles. The molecule has 0 bridgehead atoms. The van der Waals surface area contributed by atoms with Crippen molar-refractivity contribution >= 4 is 6.72 Å². The number of hydrogen-bond donors (Lipinski definition) is 1. The number of nitrogens with zero attached hydrogens (tertiary/aromatic N) is 1. The average molecular weight is 172 g/mol. The van der Waals surface area contributed by atoms with E-state index in [0.29, 0.717) is 6.67 Å². The second-order valence-electron chi connectivity index (χ2n) is 3.19. The topological polar surface area (TPSA) is 42.9 Å². The molecule has 1 aliphatic heterocycles. The van der Waals surface area contributed by atoms with E-state index in [1.54, 1.807) is 0 Å². The second kappa shape index (κ2) is 4.54. The maximum atomic E-state index is 5.45. The SMILES string of the molecule is C=NCNOC1(C)CCOCC1. The third-order valence-corrected chi connectivity index (χ3v) is 2.05. The Labute approximate surface area is 72.9 Å². The van der Waals surface area contributed by atoms with Crippen LogP contribution in [0.4, 0.5) is 0 Å². The first kappa shape index (κ1) is 9.64. The monoisotopic (exact) mass is 172 g/mol. The molecule has 12 heavy (non-hydrogen) atoms. The van der Waals surface area contributed by atoms with Crippen LogP contribution in [0.1, 0.15) is 19.8 Å². The van der Waals surface area contributed by atoms with Crippen LogP contribution >= 0.6 is 0 Å². The number of rotatable bonds is 4. The van der Waals surface area contributed by atoms with Gasteiger partial charge in [-0.3, -0.25) is 9.83 Å². The molecule has 1 heterocycles. The van der Waals surface area contributed by atoms with E-state index >= 15 is 0 Å². The number of hydroxylamine groups is 1. The standard InChI is InChI=1S/C8H16N2O2/c1-8(12-10-7-9-2)3-5-11-6-4-8/h10H,2-7H2,1H3. The van der Waals surface area contributed by atoms with Crippen LogP contribution in [0, 0.1) is 0 Å². The van der Waals surface area contributed by atoms with Crippen LogP contribution in [0.5, 0.6) is 0 Å². The fourth-order valence-electron chi connectivity index (χ4n) is 1.16.